The van der Waals surface area contributed by atoms with E-state index < -0.39 is 0 Å². The molecule has 1 aliphatic carbocycles. The zero-order valence-corrected chi connectivity index (χ0v) is 11.7. The van der Waals surface area contributed by atoms with Crippen molar-refractivity contribution < 1.29 is 0 Å². The number of hydrogen-bond donors (Lipinski definition) is 2. The van der Waals surface area contributed by atoms with E-state index in [1.165, 1.54) is 17.0 Å². The minimum absolute atomic E-state index is 0.289. The van der Waals surface area contributed by atoms with Crippen LogP contribution in [0.25, 0.3) is 0 Å². The summed E-state index contributed by atoms with van der Waals surface area (Å²) in [5.41, 5.74) is 9.69. The zero-order valence-electron chi connectivity index (χ0n) is 10.1. The van der Waals surface area contributed by atoms with Gasteiger partial charge in [-0.15, -0.1) is 0 Å². The average Bonchev–Trinajstić information content (AvgIpc) is 2.70. The Morgan fingerprint density at radius 3 is 3.17 bits per heavy atom. The van der Waals surface area contributed by atoms with Crippen LogP contribution in [0.2, 0.25) is 0 Å². The van der Waals surface area contributed by atoms with Gasteiger partial charge in [0.2, 0.25) is 0 Å². The third kappa shape index (κ3) is 2.49. The standard InChI is InChI=1S/C14H16BrN3/c15-10-3-1-2-9(6-10)7-14-17-12-5-4-11(16)8-13(12)18-14/h1-3,6,11H,4-5,7-8,16H2,(H,17,18). The van der Waals surface area contributed by atoms with E-state index >= 15 is 0 Å². The molecule has 0 spiro atoms. The Morgan fingerprint density at radius 1 is 1.44 bits per heavy atom. The highest BCUT2D eigenvalue weighted by Gasteiger charge is 2.19. The lowest BCUT2D eigenvalue weighted by Crippen LogP contribution is -2.27. The first-order chi connectivity index (χ1) is 8.70. The van der Waals surface area contributed by atoms with Gasteiger partial charge in [-0.1, -0.05) is 28.1 Å². The van der Waals surface area contributed by atoms with Gasteiger partial charge in [0.1, 0.15) is 5.82 Å². The number of benzene rings is 1. The summed E-state index contributed by atoms with van der Waals surface area (Å²) in [5, 5.41) is 0. The van der Waals surface area contributed by atoms with Crippen LogP contribution in [-0.4, -0.2) is 16.0 Å². The molecule has 0 saturated heterocycles. The van der Waals surface area contributed by atoms with Crippen LogP contribution in [0, 0.1) is 0 Å². The number of rotatable bonds is 2. The molecule has 1 unspecified atom stereocenters. The van der Waals surface area contributed by atoms with Crippen molar-refractivity contribution in [3.63, 3.8) is 0 Å². The molecule has 1 atom stereocenters. The first kappa shape index (κ1) is 11.9. The number of H-pyrrole nitrogens is 1. The first-order valence-corrected chi connectivity index (χ1v) is 7.06. The molecule has 1 aromatic heterocycles. The molecular weight excluding hydrogens is 290 g/mol. The van der Waals surface area contributed by atoms with E-state index in [1.807, 2.05) is 6.07 Å². The lowest BCUT2D eigenvalue weighted by atomic mass is 9.97. The van der Waals surface area contributed by atoms with E-state index in [2.05, 4.69) is 44.1 Å². The normalized spacial score (nSPS) is 18.7. The molecule has 2 aromatic rings. The van der Waals surface area contributed by atoms with Crippen molar-refractivity contribution in [2.45, 2.75) is 31.7 Å². The van der Waals surface area contributed by atoms with Crippen molar-refractivity contribution in [2.75, 3.05) is 0 Å². The molecule has 0 aliphatic heterocycles. The maximum Gasteiger partial charge on any atom is 0.110 e. The Kier molecular flexibility index (Phi) is 3.22. The second-order valence-electron chi connectivity index (χ2n) is 4.92. The van der Waals surface area contributed by atoms with Crippen LogP contribution in [0.5, 0.6) is 0 Å². The van der Waals surface area contributed by atoms with Crippen LogP contribution in [-0.2, 0) is 19.3 Å². The number of imidazole rings is 1. The number of hydrogen-bond acceptors (Lipinski definition) is 2. The number of nitrogens with two attached hydrogens (primary N) is 1. The van der Waals surface area contributed by atoms with Gasteiger partial charge in [0, 0.05) is 29.1 Å². The summed E-state index contributed by atoms with van der Waals surface area (Å²) in [6.07, 6.45) is 3.84. The van der Waals surface area contributed by atoms with Crippen LogP contribution in [0.1, 0.15) is 29.2 Å². The molecule has 3 N–H and O–H groups in total. The number of nitrogens with one attached hydrogen (secondary N) is 1. The minimum atomic E-state index is 0.289. The number of halogens is 1. The van der Waals surface area contributed by atoms with Gasteiger partial charge in [0.15, 0.2) is 0 Å². The van der Waals surface area contributed by atoms with Crippen LogP contribution >= 0.6 is 15.9 Å². The highest BCUT2D eigenvalue weighted by molar-refractivity contribution is 9.10. The fourth-order valence-electron chi connectivity index (χ4n) is 2.49. The molecule has 3 nitrogen and oxygen atoms in total. The molecular formula is C14H16BrN3. The molecule has 0 amide bonds. The molecule has 4 heteroatoms. The summed E-state index contributed by atoms with van der Waals surface area (Å²) in [5.74, 6) is 1.05. The van der Waals surface area contributed by atoms with Crippen LogP contribution in [0.3, 0.4) is 0 Å². The van der Waals surface area contributed by atoms with E-state index in [0.717, 1.165) is 36.0 Å². The van der Waals surface area contributed by atoms with Crippen LogP contribution < -0.4 is 5.73 Å². The summed E-state index contributed by atoms with van der Waals surface area (Å²) >= 11 is 3.49. The third-order valence-electron chi connectivity index (χ3n) is 3.39. The topological polar surface area (TPSA) is 54.7 Å². The third-order valence-corrected chi connectivity index (χ3v) is 3.89. The second-order valence-corrected chi connectivity index (χ2v) is 5.83. The van der Waals surface area contributed by atoms with Gasteiger partial charge in [-0.05, 0) is 30.5 Å². The number of nitrogens with zero attached hydrogens (tertiary/aromatic N) is 1. The summed E-state index contributed by atoms with van der Waals surface area (Å²) in [6.45, 7) is 0. The predicted molar refractivity (Wildman–Crippen MR) is 75.5 cm³/mol. The van der Waals surface area contributed by atoms with Gasteiger partial charge in [0.25, 0.3) is 0 Å². The minimum Gasteiger partial charge on any atom is -0.345 e. The SMILES string of the molecule is NC1CCc2nc(Cc3cccc(Br)c3)[nH]c2C1. The van der Waals surface area contributed by atoms with Crippen LogP contribution in [0.4, 0.5) is 0 Å². The predicted octanol–water partition coefficient (Wildman–Crippen LogP) is 2.58. The maximum atomic E-state index is 5.98. The first-order valence-electron chi connectivity index (χ1n) is 6.27. The van der Waals surface area contributed by atoms with Crippen LogP contribution in [0.15, 0.2) is 28.7 Å². The highest BCUT2D eigenvalue weighted by atomic mass is 79.9. The Balaban J connectivity index is 1.82. The monoisotopic (exact) mass is 305 g/mol. The van der Waals surface area contributed by atoms with Crippen molar-refractivity contribution in [2.24, 2.45) is 5.73 Å². The number of aryl methyl sites for hydroxylation is 1. The molecule has 0 saturated carbocycles. The lowest BCUT2D eigenvalue weighted by molar-refractivity contribution is 0.565. The second kappa shape index (κ2) is 4.86. The quantitative estimate of drug-likeness (QED) is 0.896. The molecule has 0 bridgehead atoms. The molecule has 0 fully saturated rings. The van der Waals surface area contributed by atoms with Gasteiger partial charge in [0.05, 0.1) is 5.69 Å². The molecule has 1 aromatic carbocycles. The van der Waals surface area contributed by atoms with Crippen molar-refractivity contribution in [1.82, 2.24) is 9.97 Å². The molecule has 18 heavy (non-hydrogen) atoms. The highest BCUT2D eigenvalue weighted by Crippen LogP contribution is 2.20. The number of aromatic nitrogens is 2. The number of aromatic amines is 1. The lowest BCUT2D eigenvalue weighted by Gasteiger charge is -2.15. The van der Waals surface area contributed by atoms with Gasteiger partial charge >= 0.3 is 0 Å². The molecule has 1 heterocycles. The van der Waals surface area contributed by atoms with Crippen molar-refractivity contribution >= 4 is 15.9 Å². The van der Waals surface area contributed by atoms with E-state index in [0.29, 0.717) is 0 Å². The number of fused-ring (bicyclic) bond motifs is 1. The largest absolute Gasteiger partial charge is 0.345 e. The molecule has 94 valence electrons. The molecule has 0 radical (unpaired) electrons. The molecule has 3 rings (SSSR count). The Bertz CT molecular complexity index is 562. The van der Waals surface area contributed by atoms with Gasteiger partial charge < -0.3 is 10.7 Å². The summed E-state index contributed by atoms with van der Waals surface area (Å²) in [7, 11) is 0. The molecule has 1 aliphatic rings. The van der Waals surface area contributed by atoms with E-state index in [1.54, 1.807) is 0 Å². The van der Waals surface area contributed by atoms with Gasteiger partial charge in [-0.25, -0.2) is 4.98 Å². The summed E-state index contributed by atoms with van der Waals surface area (Å²) in [6, 6.07) is 8.63. The van der Waals surface area contributed by atoms with Gasteiger partial charge in [-0.2, -0.15) is 0 Å². The maximum absolute atomic E-state index is 5.98. The van der Waals surface area contributed by atoms with E-state index in [-0.39, 0.29) is 6.04 Å². The zero-order chi connectivity index (χ0) is 12.5. The smallest absolute Gasteiger partial charge is 0.110 e. The fourth-order valence-corrected chi connectivity index (χ4v) is 2.94. The Labute approximate surface area is 115 Å². The van der Waals surface area contributed by atoms with Crippen molar-refractivity contribution in [1.29, 1.82) is 0 Å². The van der Waals surface area contributed by atoms with Crippen molar-refractivity contribution in [3.8, 4) is 0 Å². The summed E-state index contributed by atoms with van der Waals surface area (Å²) < 4.78 is 1.11. The summed E-state index contributed by atoms with van der Waals surface area (Å²) in [4.78, 5) is 8.11. The Morgan fingerprint density at radius 2 is 2.33 bits per heavy atom. The van der Waals surface area contributed by atoms with Gasteiger partial charge in [-0.3, -0.25) is 0 Å². The van der Waals surface area contributed by atoms with E-state index in [9.17, 15) is 0 Å². The fraction of sp³-hybridized carbons (Fsp3) is 0.357. The van der Waals surface area contributed by atoms with Crippen molar-refractivity contribution in [3.05, 3.63) is 51.5 Å². The van der Waals surface area contributed by atoms with E-state index in [4.69, 9.17) is 5.73 Å². The Hall–Kier alpha value is -1.13. The average molecular weight is 306 g/mol.